The minimum atomic E-state index is -0.625. The molecule has 1 aliphatic heterocycles. The third-order valence-electron chi connectivity index (χ3n) is 1.98. The highest BCUT2D eigenvalue weighted by Crippen LogP contribution is 2.22. The number of hydrogen-bond donors (Lipinski definition) is 0. The Kier molecular flexibility index (Phi) is 3.22. The first kappa shape index (κ1) is 10.4. The van der Waals surface area contributed by atoms with Gasteiger partial charge in [0.15, 0.2) is 11.6 Å². The van der Waals surface area contributed by atoms with Crippen molar-refractivity contribution in [2.45, 2.75) is 38.6 Å². The van der Waals surface area contributed by atoms with Crippen molar-refractivity contribution >= 4 is 5.78 Å². The van der Waals surface area contributed by atoms with Crippen LogP contribution in [0.15, 0.2) is 12.7 Å². The highest BCUT2D eigenvalue weighted by Gasteiger charge is 2.34. The van der Waals surface area contributed by atoms with Crippen LogP contribution in [0.2, 0.25) is 0 Å². The molecule has 0 unspecified atom stereocenters. The standard InChI is InChI=1S/C10H16O3/c1-4-5-6-9-8(11)7-12-10(2,3)13-9/h4,9H,1,5-7H2,2-3H3/t9-/m0/s1. The van der Waals surface area contributed by atoms with Crippen molar-refractivity contribution in [3.05, 3.63) is 12.7 Å². The average Bonchev–Trinajstić information content (AvgIpc) is 2.07. The van der Waals surface area contributed by atoms with Crippen molar-refractivity contribution in [1.29, 1.82) is 0 Å². The molecule has 0 radical (unpaired) electrons. The second-order valence-electron chi connectivity index (χ2n) is 3.63. The molecule has 13 heavy (non-hydrogen) atoms. The van der Waals surface area contributed by atoms with E-state index in [-0.39, 0.29) is 18.5 Å². The Hall–Kier alpha value is -0.670. The minimum Gasteiger partial charge on any atom is -0.343 e. The highest BCUT2D eigenvalue weighted by molar-refractivity contribution is 5.84. The Bertz CT molecular complexity index is 208. The molecule has 3 heteroatoms. The topological polar surface area (TPSA) is 35.5 Å². The van der Waals surface area contributed by atoms with Crippen LogP contribution in [0.5, 0.6) is 0 Å². The fraction of sp³-hybridized carbons (Fsp3) is 0.700. The Balaban J connectivity index is 2.50. The summed E-state index contributed by atoms with van der Waals surface area (Å²) in [5.41, 5.74) is 0. The molecule has 1 rings (SSSR count). The molecular weight excluding hydrogens is 168 g/mol. The van der Waals surface area contributed by atoms with E-state index < -0.39 is 5.79 Å². The molecule has 0 aliphatic carbocycles. The second-order valence-corrected chi connectivity index (χ2v) is 3.63. The minimum absolute atomic E-state index is 0.0289. The fourth-order valence-electron chi connectivity index (χ4n) is 1.27. The van der Waals surface area contributed by atoms with E-state index in [2.05, 4.69) is 6.58 Å². The van der Waals surface area contributed by atoms with Gasteiger partial charge in [0.1, 0.15) is 12.7 Å². The lowest BCUT2D eigenvalue weighted by molar-refractivity contribution is -0.258. The molecule has 0 aromatic heterocycles. The summed E-state index contributed by atoms with van der Waals surface area (Å²) in [4.78, 5) is 11.3. The van der Waals surface area contributed by atoms with Crippen LogP contribution in [0.3, 0.4) is 0 Å². The van der Waals surface area contributed by atoms with Crippen molar-refractivity contribution in [3.8, 4) is 0 Å². The van der Waals surface area contributed by atoms with Crippen molar-refractivity contribution in [1.82, 2.24) is 0 Å². The van der Waals surface area contributed by atoms with Gasteiger partial charge in [-0.15, -0.1) is 6.58 Å². The van der Waals surface area contributed by atoms with E-state index in [0.29, 0.717) is 6.42 Å². The van der Waals surface area contributed by atoms with Gasteiger partial charge in [0.2, 0.25) is 0 Å². The third kappa shape index (κ3) is 2.94. The van der Waals surface area contributed by atoms with Gasteiger partial charge in [0, 0.05) is 0 Å². The molecule has 0 amide bonds. The van der Waals surface area contributed by atoms with E-state index >= 15 is 0 Å². The van der Waals surface area contributed by atoms with E-state index in [1.807, 2.05) is 13.8 Å². The normalized spacial score (nSPS) is 27.2. The lowest BCUT2D eigenvalue weighted by atomic mass is 10.1. The van der Waals surface area contributed by atoms with E-state index in [9.17, 15) is 4.79 Å². The average molecular weight is 184 g/mol. The van der Waals surface area contributed by atoms with Crippen LogP contribution in [0.25, 0.3) is 0 Å². The molecule has 0 bridgehead atoms. The summed E-state index contributed by atoms with van der Waals surface area (Å²) in [5.74, 6) is -0.596. The molecule has 1 aliphatic rings. The van der Waals surface area contributed by atoms with Crippen molar-refractivity contribution in [2.24, 2.45) is 0 Å². The number of rotatable bonds is 3. The zero-order chi connectivity index (χ0) is 9.90. The van der Waals surface area contributed by atoms with Crippen LogP contribution in [0.1, 0.15) is 26.7 Å². The fourth-order valence-corrected chi connectivity index (χ4v) is 1.27. The maximum absolute atomic E-state index is 11.3. The number of carbonyl (C=O) groups is 1. The first-order valence-corrected chi connectivity index (χ1v) is 4.50. The SMILES string of the molecule is C=CCC[C@@H]1OC(C)(C)OCC1=O. The Labute approximate surface area is 78.7 Å². The van der Waals surface area contributed by atoms with Gasteiger partial charge in [-0.05, 0) is 26.7 Å². The van der Waals surface area contributed by atoms with Gasteiger partial charge in [0.05, 0.1) is 0 Å². The van der Waals surface area contributed by atoms with Crippen LogP contribution >= 0.6 is 0 Å². The molecule has 1 saturated heterocycles. The monoisotopic (exact) mass is 184 g/mol. The molecule has 0 aromatic carbocycles. The smallest absolute Gasteiger partial charge is 0.187 e. The van der Waals surface area contributed by atoms with Gasteiger partial charge < -0.3 is 9.47 Å². The lowest BCUT2D eigenvalue weighted by Crippen LogP contribution is -2.45. The molecular formula is C10H16O3. The second kappa shape index (κ2) is 4.03. The summed E-state index contributed by atoms with van der Waals surface area (Å²) in [7, 11) is 0. The summed E-state index contributed by atoms with van der Waals surface area (Å²) in [5, 5.41) is 0. The summed E-state index contributed by atoms with van der Waals surface area (Å²) in [6.45, 7) is 7.41. The third-order valence-corrected chi connectivity index (χ3v) is 1.98. The summed E-state index contributed by atoms with van der Waals surface area (Å²) in [6, 6.07) is 0. The summed E-state index contributed by atoms with van der Waals surface area (Å²) < 4.78 is 10.7. The molecule has 0 N–H and O–H groups in total. The lowest BCUT2D eigenvalue weighted by Gasteiger charge is -2.34. The molecule has 3 nitrogen and oxygen atoms in total. The van der Waals surface area contributed by atoms with Crippen LogP contribution in [-0.2, 0) is 14.3 Å². The van der Waals surface area contributed by atoms with Gasteiger partial charge in [0.25, 0.3) is 0 Å². The molecule has 0 aromatic rings. The number of ketones is 1. The number of Topliss-reactive ketones (excluding diaryl/α,β-unsaturated/α-hetero) is 1. The van der Waals surface area contributed by atoms with Gasteiger partial charge in [-0.2, -0.15) is 0 Å². The van der Waals surface area contributed by atoms with Crippen LogP contribution in [0, 0.1) is 0 Å². The largest absolute Gasteiger partial charge is 0.343 e. The van der Waals surface area contributed by atoms with Crippen molar-refractivity contribution in [3.63, 3.8) is 0 Å². The van der Waals surface area contributed by atoms with Gasteiger partial charge in [-0.25, -0.2) is 0 Å². The Morgan fingerprint density at radius 3 is 3.00 bits per heavy atom. The highest BCUT2D eigenvalue weighted by atomic mass is 16.7. The van der Waals surface area contributed by atoms with Crippen LogP contribution in [-0.4, -0.2) is 24.3 Å². The first-order valence-electron chi connectivity index (χ1n) is 4.50. The molecule has 1 heterocycles. The molecule has 1 atom stereocenters. The summed E-state index contributed by atoms with van der Waals surface area (Å²) in [6.07, 6.45) is 2.97. The molecule has 0 spiro atoms. The van der Waals surface area contributed by atoms with E-state index in [1.54, 1.807) is 6.08 Å². The van der Waals surface area contributed by atoms with Crippen LogP contribution < -0.4 is 0 Å². The zero-order valence-electron chi connectivity index (χ0n) is 8.21. The van der Waals surface area contributed by atoms with E-state index in [4.69, 9.17) is 9.47 Å². The molecule has 74 valence electrons. The molecule has 0 saturated carbocycles. The zero-order valence-corrected chi connectivity index (χ0v) is 8.21. The van der Waals surface area contributed by atoms with E-state index in [1.165, 1.54) is 0 Å². The van der Waals surface area contributed by atoms with Gasteiger partial charge in [-0.3, -0.25) is 4.79 Å². The van der Waals surface area contributed by atoms with Crippen molar-refractivity contribution < 1.29 is 14.3 Å². The predicted molar refractivity (Wildman–Crippen MR) is 49.3 cm³/mol. The number of allylic oxidation sites excluding steroid dienone is 1. The van der Waals surface area contributed by atoms with Crippen molar-refractivity contribution in [2.75, 3.05) is 6.61 Å². The van der Waals surface area contributed by atoms with Gasteiger partial charge in [-0.1, -0.05) is 6.08 Å². The van der Waals surface area contributed by atoms with E-state index in [0.717, 1.165) is 6.42 Å². The summed E-state index contributed by atoms with van der Waals surface area (Å²) >= 11 is 0. The first-order chi connectivity index (χ1) is 6.05. The quantitative estimate of drug-likeness (QED) is 0.626. The van der Waals surface area contributed by atoms with Gasteiger partial charge >= 0.3 is 0 Å². The number of carbonyl (C=O) groups excluding carboxylic acids is 1. The Morgan fingerprint density at radius 2 is 2.38 bits per heavy atom. The number of hydrogen-bond acceptors (Lipinski definition) is 3. The maximum Gasteiger partial charge on any atom is 0.187 e. The molecule has 1 fully saturated rings. The Morgan fingerprint density at radius 1 is 1.69 bits per heavy atom. The van der Waals surface area contributed by atoms with Crippen LogP contribution in [0.4, 0.5) is 0 Å². The number of ether oxygens (including phenoxy) is 2. The maximum atomic E-state index is 11.3. The predicted octanol–water partition coefficient (Wildman–Crippen LogP) is 1.67.